The zero-order valence-corrected chi connectivity index (χ0v) is 11.1. The molecule has 1 N–H and O–H groups in total. The Morgan fingerprint density at radius 2 is 2.18 bits per heavy atom. The Morgan fingerprint density at radius 3 is 2.82 bits per heavy atom. The molecule has 2 aromatic rings. The average molecular weight is 246 g/mol. The predicted octanol–water partition coefficient (Wildman–Crippen LogP) is 3.34. The van der Waals surface area contributed by atoms with Crippen LogP contribution in [0.3, 0.4) is 0 Å². The number of nitrogens with zero attached hydrogens (tertiary/aromatic N) is 1. The number of thiazole rings is 1. The lowest BCUT2D eigenvalue weighted by molar-refractivity contribution is 0.546. The molecule has 0 spiro atoms. The van der Waals surface area contributed by atoms with E-state index in [9.17, 15) is 0 Å². The standard InChI is InChI=1S/C14H18N2S/c1-3-15-13(10-14-16-8-9-17-14)12-7-5-4-6-11(12)2/h4-9,13,15H,3,10H2,1-2H3. The largest absolute Gasteiger partial charge is 0.310 e. The molecule has 0 saturated heterocycles. The summed E-state index contributed by atoms with van der Waals surface area (Å²) in [5, 5.41) is 6.78. The summed E-state index contributed by atoms with van der Waals surface area (Å²) in [5.41, 5.74) is 2.72. The molecule has 0 saturated carbocycles. The predicted molar refractivity (Wildman–Crippen MR) is 73.4 cm³/mol. The van der Waals surface area contributed by atoms with Crippen LogP contribution < -0.4 is 5.32 Å². The maximum atomic E-state index is 4.37. The number of benzene rings is 1. The minimum Gasteiger partial charge on any atom is -0.310 e. The summed E-state index contributed by atoms with van der Waals surface area (Å²) >= 11 is 1.73. The average Bonchev–Trinajstić information content (AvgIpc) is 2.82. The molecular formula is C14H18N2S. The number of aryl methyl sites for hydroxylation is 1. The molecular weight excluding hydrogens is 228 g/mol. The lowest BCUT2D eigenvalue weighted by atomic mass is 9.99. The van der Waals surface area contributed by atoms with Crippen molar-refractivity contribution < 1.29 is 0 Å². The molecule has 0 bridgehead atoms. The molecule has 17 heavy (non-hydrogen) atoms. The van der Waals surface area contributed by atoms with Crippen LogP contribution in [-0.2, 0) is 6.42 Å². The van der Waals surface area contributed by atoms with Crippen LogP contribution in [0.1, 0.15) is 29.1 Å². The van der Waals surface area contributed by atoms with Gasteiger partial charge in [0.2, 0.25) is 0 Å². The van der Waals surface area contributed by atoms with Crippen LogP contribution in [-0.4, -0.2) is 11.5 Å². The number of nitrogens with one attached hydrogen (secondary N) is 1. The fraction of sp³-hybridized carbons (Fsp3) is 0.357. The summed E-state index contributed by atoms with van der Waals surface area (Å²) in [5.74, 6) is 0. The van der Waals surface area contributed by atoms with E-state index in [0.29, 0.717) is 6.04 Å². The van der Waals surface area contributed by atoms with Crippen molar-refractivity contribution in [3.05, 3.63) is 52.0 Å². The highest BCUT2D eigenvalue weighted by Gasteiger charge is 2.14. The smallest absolute Gasteiger partial charge is 0.0943 e. The third-order valence-electron chi connectivity index (χ3n) is 2.88. The van der Waals surface area contributed by atoms with E-state index in [4.69, 9.17) is 0 Å². The summed E-state index contributed by atoms with van der Waals surface area (Å²) in [6.07, 6.45) is 2.84. The van der Waals surface area contributed by atoms with Gasteiger partial charge >= 0.3 is 0 Å². The second-order valence-corrected chi connectivity index (χ2v) is 5.08. The van der Waals surface area contributed by atoms with E-state index >= 15 is 0 Å². The fourth-order valence-corrected chi connectivity index (χ4v) is 2.71. The maximum absolute atomic E-state index is 4.37. The molecule has 0 aliphatic heterocycles. The van der Waals surface area contributed by atoms with Crippen LogP contribution in [0.4, 0.5) is 0 Å². The number of aromatic nitrogens is 1. The van der Waals surface area contributed by atoms with Gasteiger partial charge in [-0.25, -0.2) is 4.98 Å². The molecule has 1 heterocycles. The first-order valence-corrected chi connectivity index (χ1v) is 6.86. The van der Waals surface area contributed by atoms with E-state index in [0.717, 1.165) is 13.0 Å². The molecule has 1 unspecified atom stereocenters. The molecule has 0 radical (unpaired) electrons. The van der Waals surface area contributed by atoms with Crippen molar-refractivity contribution in [1.29, 1.82) is 0 Å². The topological polar surface area (TPSA) is 24.9 Å². The first-order valence-electron chi connectivity index (χ1n) is 5.98. The van der Waals surface area contributed by atoms with Crippen molar-refractivity contribution >= 4 is 11.3 Å². The van der Waals surface area contributed by atoms with Gasteiger partial charge in [-0.1, -0.05) is 31.2 Å². The van der Waals surface area contributed by atoms with E-state index in [2.05, 4.69) is 48.4 Å². The van der Waals surface area contributed by atoms with E-state index in [1.807, 2.05) is 11.6 Å². The minimum absolute atomic E-state index is 0.368. The summed E-state index contributed by atoms with van der Waals surface area (Å²) in [4.78, 5) is 4.37. The number of likely N-dealkylation sites (N-methyl/N-ethyl adjacent to an activating group) is 1. The monoisotopic (exact) mass is 246 g/mol. The highest BCUT2D eigenvalue weighted by molar-refractivity contribution is 7.09. The van der Waals surface area contributed by atoms with Gasteiger partial charge in [0.05, 0.1) is 5.01 Å². The van der Waals surface area contributed by atoms with Gasteiger partial charge in [-0.15, -0.1) is 11.3 Å². The third kappa shape index (κ3) is 3.14. The van der Waals surface area contributed by atoms with Gasteiger partial charge in [-0.3, -0.25) is 0 Å². The fourth-order valence-electron chi connectivity index (χ4n) is 2.04. The van der Waals surface area contributed by atoms with Crippen molar-refractivity contribution in [3.63, 3.8) is 0 Å². The molecule has 2 nitrogen and oxygen atoms in total. The summed E-state index contributed by atoms with van der Waals surface area (Å²) in [6.45, 7) is 5.29. The third-order valence-corrected chi connectivity index (χ3v) is 3.68. The maximum Gasteiger partial charge on any atom is 0.0943 e. The van der Waals surface area contributed by atoms with Gasteiger partial charge in [0.1, 0.15) is 0 Å². The van der Waals surface area contributed by atoms with Crippen LogP contribution in [0.2, 0.25) is 0 Å². The van der Waals surface area contributed by atoms with Crippen LogP contribution in [0.25, 0.3) is 0 Å². The van der Waals surface area contributed by atoms with Gasteiger partial charge in [0.15, 0.2) is 0 Å². The molecule has 1 atom stereocenters. The van der Waals surface area contributed by atoms with Gasteiger partial charge in [-0.2, -0.15) is 0 Å². The SMILES string of the molecule is CCNC(Cc1nccs1)c1ccccc1C. The van der Waals surface area contributed by atoms with Crippen molar-refractivity contribution in [2.75, 3.05) is 6.54 Å². The Bertz CT molecular complexity index is 451. The summed E-state index contributed by atoms with van der Waals surface area (Å²) < 4.78 is 0. The number of rotatable bonds is 5. The molecule has 90 valence electrons. The summed E-state index contributed by atoms with van der Waals surface area (Å²) in [7, 11) is 0. The normalized spacial score (nSPS) is 12.6. The van der Waals surface area contributed by atoms with Gasteiger partial charge < -0.3 is 5.32 Å². The van der Waals surface area contributed by atoms with Crippen molar-refractivity contribution in [3.8, 4) is 0 Å². The van der Waals surface area contributed by atoms with Crippen LogP contribution in [0.15, 0.2) is 35.8 Å². The van der Waals surface area contributed by atoms with E-state index in [1.54, 1.807) is 11.3 Å². The lowest BCUT2D eigenvalue weighted by Crippen LogP contribution is -2.23. The van der Waals surface area contributed by atoms with Crippen LogP contribution >= 0.6 is 11.3 Å². The molecule has 0 amide bonds. The Hall–Kier alpha value is -1.19. The van der Waals surface area contributed by atoms with Crippen molar-refractivity contribution in [2.24, 2.45) is 0 Å². The number of hydrogen-bond donors (Lipinski definition) is 1. The van der Waals surface area contributed by atoms with Crippen LogP contribution in [0, 0.1) is 6.92 Å². The van der Waals surface area contributed by atoms with Crippen LogP contribution in [0.5, 0.6) is 0 Å². The number of hydrogen-bond acceptors (Lipinski definition) is 3. The van der Waals surface area contributed by atoms with E-state index in [-0.39, 0.29) is 0 Å². The Labute approximate surface area is 107 Å². The van der Waals surface area contributed by atoms with Crippen molar-refractivity contribution in [2.45, 2.75) is 26.3 Å². The van der Waals surface area contributed by atoms with E-state index in [1.165, 1.54) is 16.1 Å². The zero-order valence-electron chi connectivity index (χ0n) is 10.3. The molecule has 0 fully saturated rings. The minimum atomic E-state index is 0.368. The highest BCUT2D eigenvalue weighted by atomic mass is 32.1. The molecule has 0 aliphatic rings. The molecule has 0 aliphatic carbocycles. The molecule has 2 rings (SSSR count). The molecule has 1 aromatic heterocycles. The molecule has 3 heteroatoms. The van der Waals surface area contributed by atoms with E-state index < -0.39 is 0 Å². The highest BCUT2D eigenvalue weighted by Crippen LogP contribution is 2.22. The zero-order chi connectivity index (χ0) is 12.1. The summed E-state index contributed by atoms with van der Waals surface area (Å²) in [6, 6.07) is 8.93. The second kappa shape index (κ2) is 5.94. The van der Waals surface area contributed by atoms with Gasteiger partial charge in [-0.05, 0) is 24.6 Å². The van der Waals surface area contributed by atoms with Crippen molar-refractivity contribution in [1.82, 2.24) is 10.3 Å². The van der Waals surface area contributed by atoms with Gasteiger partial charge in [0, 0.05) is 24.0 Å². The molecule has 1 aromatic carbocycles. The second-order valence-electron chi connectivity index (χ2n) is 4.10. The van der Waals surface area contributed by atoms with Gasteiger partial charge in [0.25, 0.3) is 0 Å². The Balaban J connectivity index is 2.20. The Kier molecular flexibility index (Phi) is 4.29. The quantitative estimate of drug-likeness (QED) is 0.875. The lowest BCUT2D eigenvalue weighted by Gasteiger charge is -2.19. The first-order chi connectivity index (χ1) is 8.31. The first kappa shape index (κ1) is 12.3. The Morgan fingerprint density at radius 1 is 1.35 bits per heavy atom.